The second kappa shape index (κ2) is 4.78. The Morgan fingerprint density at radius 1 is 1.50 bits per heavy atom. The molecule has 0 amide bonds. The van der Waals surface area contributed by atoms with Gasteiger partial charge >= 0.3 is 0 Å². The summed E-state index contributed by atoms with van der Waals surface area (Å²) >= 11 is 1.46. The molecule has 0 saturated carbocycles. The van der Waals surface area contributed by atoms with Crippen LogP contribution in [-0.2, 0) is 0 Å². The second-order valence-electron chi connectivity index (χ2n) is 4.69. The van der Waals surface area contributed by atoms with Gasteiger partial charge in [-0.15, -0.1) is 0 Å². The molecule has 2 aromatic rings. The van der Waals surface area contributed by atoms with Crippen LogP contribution < -0.4 is 10.2 Å². The normalized spacial score (nSPS) is 19.9. The maximum atomic E-state index is 4.51. The summed E-state index contributed by atoms with van der Waals surface area (Å²) in [5.74, 6) is 1.06. The van der Waals surface area contributed by atoms with Crippen molar-refractivity contribution in [2.75, 3.05) is 25.0 Å². The summed E-state index contributed by atoms with van der Waals surface area (Å²) in [7, 11) is 2.00. The second-order valence-corrected chi connectivity index (χ2v) is 5.44. The van der Waals surface area contributed by atoms with E-state index >= 15 is 0 Å². The fourth-order valence-corrected chi connectivity index (χ4v) is 3.42. The Kier molecular flexibility index (Phi) is 3.13. The summed E-state index contributed by atoms with van der Waals surface area (Å²) in [6, 6.07) is 0.535. The van der Waals surface area contributed by atoms with E-state index in [0.717, 1.165) is 34.8 Å². The first-order valence-corrected chi connectivity index (χ1v) is 7.07. The number of aryl methyl sites for hydroxylation is 1. The largest absolute Gasteiger partial charge is 0.352 e. The van der Waals surface area contributed by atoms with E-state index in [1.807, 2.05) is 14.0 Å². The highest BCUT2D eigenvalue weighted by Gasteiger charge is 2.27. The number of aromatic nitrogens is 3. The lowest BCUT2D eigenvalue weighted by atomic mass is 10.2. The molecule has 6 heteroatoms. The van der Waals surface area contributed by atoms with Crippen LogP contribution in [0, 0.1) is 6.92 Å². The Morgan fingerprint density at radius 3 is 3.22 bits per heavy atom. The van der Waals surface area contributed by atoms with E-state index in [1.54, 1.807) is 6.33 Å². The van der Waals surface area contributed by atoms with Crippen LogP contribution in [-0.4, -0.2) is 40.5 Å². The third-order valence-corrected chi connectivity index (χ3v) is 4.36. The maximum Gasteiger partial charge on any atom is 0.149 e. The van der Waals surface area contributed by atoms with Crippen molar-refractivity contribution in [2.24, 2.45) is 0 Å². The average molecular weight is 263 g/mol. The van der Waals surface area contributed by atoms with Crippen molar-refractivity contribution in [3.8, 4) is 0 Å². The molecule has 2 aromatic heterocycles. The first kappa shape index (κ1) is 11.8. The van der Waals surface area contributed by atoms with Crippen LogP contribution in [0.5, 0.6) is 0 Å². The van der Waals surface area contributed by atoms with Gasteiger partial charge in [0.1, 0.15) is 17.0 Å². The number of nitrogens with one attached hydrogen (secondary N) is 1. The molecule has 0 spiro atoms. The molecule has 1 aliphatic rings. The van der Waals surface area contributed by atoms with Gasteiger partial charge in [-0.2, -0.15) is 4.37 Å². The Balaban J connectivity index is 2.05. The molecule has 3 rings (SSSR count). The van der Waals surface area contributed by atoms with E-state index in [9.17, 15) is 0 Å². The number of rotatable bonds is 3. The Hall–Kier alpha value is -1.27. The predicted molar refractivity (Wildman–Crippen MR) is 74.2 cm³/mol. The van der Waals surface area contributed by atoms with Crippen molar-refractivity contribution >= 4 is 27.6 Å². The summed E-state index contributed by atoms with van der Waals surface area (Å²) in [4.78, 5) is 12.2. The number of hydrogen-bond acceptors (Lipinski definition) is 6. The van der Waals surface area contributed by atoms with Crippen molar-refractivity contribution in [3.05, 3.63) is 12.0 Å². The fourth-order valence-electron chi connectivity index (χ4n) is 2.68. The molecule has 18 heavy (non-hydrogen) atoms. The van der Waals surface area contributed by atoms with E-state index in [-0.39, 0.29) is 0 Å². The van der Waals surface area contributed by atoms with Gasteiger partial charge in [-0.05, 0) is 38.3 Å². The smallest absolute Gasteiger partial charge is 0.149 e. The van der Waals surface area contributed by atoms with Crippen LogP contribution in [0.1, 0.15) is 18.5 Å². The zero-order valence-electron chi connectivity index (χ0n) is 10.7. The number of fused-ring (bicyclic) bond motifs is 1. The average Bonchev–Trinajstić information content (AvgIpc) is 2.97. The highest BCUT2D eigenvalue weighted by molar-refractivity contribution is 7.13. The first-order valence-electron chi connectivity index (χ1n) is 6.29. The molecular formula is C12H17N5S. The minimum absolute atomic E-state index is 0.535. The lowest BCUT2D eigenvalue weighted by molar-refractivity contribution is 0.612. The molecular weight excluding hydrogens is 246 g/mol. The van der Waals surface area contributed by atoms with Crippen molar-refractivity contribution in [2.45, 2.75) is 25.8 Å². The van der Waals surface area contributed by atoms with Gasteiger partial charge in [0.25, 0.3) is 0 Å². The third kappa shape index (κ3) is 1.85. The molecule has 0 aliphatic carbocycles. The van der Waals surface area contributed by atoms with Crippen LogP contribution in [0.25, 0.3) is 10.2 Å². The summed E-state index contributed by atoms with van der Waals surface area (Å²) in [6.45, 7) is 4.12. The van der Waals surface area contributed by atoms with E-state index in [1.165, 1.54) is 24.4 Å². The lowest BCUT2D eigenvalue weighted by Gasteiger charge is -2.26. The van der Waals surface area contributed by atoms with Gasteiger partial charge in [0.05, 0.1) is 11.1 Å². The van der Waals surface area contributed by atoms with Crippen LogP contribution in [0.15, 0.2) is 6.33 Å². The van der Waals surface area contributed by atoms with Crippen LogP contribution in [0.4, 0.5) is 5.82 Å². The first-order chi connectivity index (χ1) is 8.81. The third-order valence-electron chi connectivity index (χ3n) is 3.51. The zero-order valence-corrected chi connectivity index (χ0v) is 11.5. The molecule has 0 radical (unpaired) electrons. The van der Waals surface area contributed by atoms with E-state index < -0.39 is 0 Å². The van der Waals surface area contributed by atoms with Crippen LogP contribution >= 0.6 is 11.5 Å². The number of anilines is 1. The molecule has 1 aliphatic heterocycles. The SMILES string of the molecule is CNCC1CCCN1c1ncnc2snc(C)c12. The van der Waals surface area contributed by atoms with Gasteiger partial charge in [0, 0.05) is 19.1 Å². The molecule has 1 fully saturated rings. The molecule has 1 saturated heterocycles. The Bertz CT molecular complexity index is 552. The molecule has 1 unspecified atom stereocenters. The summed E-state index contributed by atoms with van der Waals surface area (Å²) in [6.07, 6.45) is 4.11. The lowest BCUT2D eigenvalue weighted by Crippen LogP contribution is -2.37. The molecule has 3 heterocycles. The summed E-state index contributed by atoms with van der Waals surface area (Å²) in [5.41, 5.74) is 1.04. The number of hydrogen-bond donors (Lipinski definition) is 1. The zero-order chi connectivity index (χ0) is 12.5. The monoisotopic (exact) mass is 263 g/mol. The molecule has 0 aromatic carbocycles. The topological polar surface area (TPSA) is 53.9 Å². The molecule has 1 atom stereocenters. The predicted octanol–water partition coefficient (Wildman–Crippen LogP) is 1.58. The van der Waals surface area contributed by atoms with Gasteiger partial charge in [0.2, 0.25) is 0 Å². The summed E-state index contributed by atoms with van der Waals surface area (Å²) in [5, 5.41) is 4.40. The van der Waals surface area contributed by atoms with Crippen LogP contribution in [0.3, 0.4) is 0 Å². The van der Waals surface area contributed by atoms with E-state index in [0.29, 0.717) is 6.04 Å². The molecule has 96 valence electrons. The van der Waals surface area contributed by atoms with Crippen molar-refractivity contribution in [3.63, 3.8) is 0 Å². The van der Waals surface area contributed by atoms with Crippen LogP contribution in [0.2, 0.25) is 0 Å². The highest BCUT2D eigenvalue weighted by Crippen LogP contribution is 2.32. The fraction of sp³-hybridized carbons (Fsp3) is 0.583. The number of nitrogens with zero attached hydrogens (tertiary/aromatic N) is 4. The van der Waals surface area contributed by atoms with Gasteiger partial charge in [-0.3, -0.25) is 0 Å². The molecule has 5 nitrogen and oxygen atoms in total. The van der Waals surface area contributed by atoms with Crippen molar-refractivity contribution in [1.82, 2.24) is 19.7 Å². The minimum atomic E-state index is 0.535. The van der Waals surface area contributed by atoms with E-state index in [4.69, 9.17) is 0 Å². The molecule has 0 bridgehead atoms. The Labute approximate surface area is 110 Å². The number of likely N-dealkylation sites (N-methyl/N-ethyl adjacent to an activating group) is 1. The van der Waals surface area contributed by atoms with Gasteiger partial charge in [0.15, 0.2) is 0 Å². The summed E-state index contributed by atoms with van der Waals surface area (Å²) < 4.78 is 4.40. The van der Waals surface area contributed by atoms with E-state index in [2.05, 4.69) is 24.6 Å². The minimum Gasteiger partial charge on any atom is -0.352 e. The van der Waals surface area contributed by atoms with Gasteiger partial charge < -0.3 is 10.2 Å². The quantitative estimate of drug-likeness (QED) is 0.911. The Morgan fingerprint density at radius 2 is 2.39 bits per heavy atom. The van der Waals surface area contributed by atoms with Crippen molar-refractivity contribution < 1.29 is 0 Å². The standard InChI is InChI=1S/C12H17N5S/c1-8-10-11(14-7-15-12(10)18-16-8)17-5-3-4-9(17)6-13-2/h7,9,13H,3-6H2,1-2H3. The van der Waals surface area contributed by atoms with Crippen molar-refractivity contribution in [1.29, 1.82) is 0 Å². The molecule has 1 N–H and O–H groups in total. The highest BCUT2D eigenvalue weighted by atomic mass is 32.1. The van der Waals surface area contributed by atoms with Gasteiger partial charge in [-0.1, -0.05) is 0 Å². The van der Waals surface area contributed by atoms with Gasteiger partial charge in [-0.25, -0.2) is 9.97 Å². The maximum absolute atomic E-state index is 4.51.